The van der Waals surface area contributed by atoms with Gasteiger partial charge in [-0.05, 0) is 37.1 Å². The summed E-state index contributed by atoms with van der Waals surface area (Å²) in [5, 5.41) is 2.74. The molecule has 2 amide bonds. The third-order valence-corrected chi connectivity index (χ3v) is 2.85. The number of nitrogens with one attached hydrogen (secondary N) is 1. The Bertz CT molecular complexity index is 418. The molecule has 0 radical (unpaired) electrons. The largest absolute Gasteiger partial charge is 0.324 e. The molecule has 0 aliphatic carbocycles. The van der Waals surface area contributed by atoms with E-state index in [1.807, 2.05) is 0 Å². The highest BCUT2D eigenvalue weighted by atomic mass is 19.1. The highest BCUT2D eigenvalue weighted by molar-refractivity contribution is 5.89. The highest BCUT2D eigenvalue weighted by Gasteiger charge is 2.17. The van der Waals surface area contributed by atoms with E-state index in [9.17, 15) is 9.18 Å². The van der Waals surface area contributed by atoms with Gasteiger partial charge in [0.25, 0.3) is 0 Å². The molecule has 1 saturated heterocycles. The van der Waals surface area contributed by atoms with E-state index in [2.05, 4.69) is 11.9 Å². The molecular weight excluding hydrogens is 219 g/mol. The van der Waals surface area contributed by atoms with Crippen molar-refractivity contribution in [1.29, 1.82) is 0 Å². The molecule has 1 heterocycles. The number of benzene rings is 1. The number of amides is 2. The summed E-state index contributed by atoms with van der Waals surface area (Å²) < 4.78 is 12.7. The van der Waals surface area contributed by atoms with Crippen LogP contribution in [0.4, 0.5) is 14.9 Å². The Morgan fingerprint density at radius 1 is 1.24 bits per heavy atom. The quantitative estimate of drug-likeness (QED) is 0.744. The average molecular weight is 234 g/mol. The first-order chi connectivity index (χ1) is 8.15. The standard InChI is InChI=1S/C13H15FN2O/c1-10-6-8-16(9-7-10)13(17)15-12-4-2-11(14)3-5-12/h2-5H,1,6-9H2,(H,15,17). The van der Waals surface area contributed by atoms with Crippen molar-refractivity contribution in [2.24, 2.45) is 0 Å². The fraction of sp³-hybridized carbons (Fsp3) is 0.308. The van der Waals surface area contributed by atoms with Crippen LogP contribution in [-0.2, 0) is 0 Å². The SMILES string of the molecule is C=C1CCN(C(=O)Nc2ccc(F)cc2)CC1. The lowest BCUT2D eigenvalue weighted by molar-refractivity contribution is 0.207. The number of urea groups is 1. The maximum absolute atomic E-state index is 12.7. The Hall–Kier alpha value is -1.84. The first kappa shape index (κ1) is 11.6. The van der Waals surface area contributed by atoms with Crippen LogP contribution in [0.1, 0.15) is 12.8 Å². The van der Waals surface area contributed by atoms with Crippen LogP contribution in [0, 0.1) is 5.82 Å². The number of nitrogens with zero attached hydrogens (tertiary/aromatic N) is 1. The molecule has 0 saturated carbocycles. The number of hydrogen-bond acceptors (Lipinski definition) is 1. The first-order valence-electron chi connectivity index (χ1n) is 5.63. The Balaban J connectivity index is 1.92. The molecule has 1 fully saturated rings. The second kappa shape index (κ2) is 4.99. The number of hydrogen-bond donors (Lipinski definition) is 1. The summed E-state index contributed by atoms with van der Waals surface area (Å²) in [7, 11) is 0. The Morgan fingerprint density at radius 3 is 2.41 bits per heavy atom. The smallest absolute Gasteiger partial charge is 0.321 e. The zero-order valence-electron chi connectivity index (χ0n) is 9.58. The van der Waals surface area contributed by atoms with Crippen LogP contribution in [0.3, 0.4) is 0 Å². The number of carbonyl (C=O) groups is 1. The predicted molar refractivity (Wildman–Crippen MR) is 65.4 cm³/mol. The van der Waals surface area contributed by atoms with E-state index >= 15 is 0 Å². The number of carbonyl (C=O) groups excluding carboxylic acids is 1. The summed E-state index contributed by atoms with van der Waals surface area (Å²) in [4.78, 5) is 13.6. The Labute approximate surface area is 99.9 Å². The molecule has 1 aliphatic rings. The minimum Gasteiger partial charge on any atom is -0.324 e. The molecule has 4 heteroatoms. The van der Waals surface area contributed by atoms with Gasteiger partial charge < -0.3 is 10.2 Å². The minimum atomic E-state index is -0.308. The molecule has 3 nitrogen and oxygen atoms in total. The molecular formula is C13H15FN2O. The maximum Gasteiger partial charge on any atom is 0.321 e. The lowest BCUT2D eigenvalue weighted by Gasteiger charge is -2.28. The van der Waals surface area contributed by atoms with E-state index in [1.54, 1.807) is 17.0 Å². The molecule has 1 N–H and O–H groups in total. The van der Waals surface area contributed by atoms with Crippen molar-refractivity contribution in [3.63, 3.8) is 0 Å². The van der Waals surface area contributed by atoms with Crippen LogP contribution in [0.2, 0.25) is 0 Å². The molecule has 1 aliphatic heterocycles. The number of halogens is 1. The van der Waals surface area contributed by atoms with Crippen molar-refractivity contribution in [2.75, 3.05) is 18.4 Å². The topological polar surface area (TPSA) is 32.3 Å². The molecule has 0 spiro atoms. The van der Waals surface area contributed by atoms with Crippen LogP contribution >= 0.6 is 0 Å². The summed E-state index contributed by atoms with van der Waals surface area (Å²) in [6.07, 6.45) is 1.72. The van der Waals surface area contributed by atoms with Gasteiger partial charge in [-0.2, -0.15) is 0 Å². The van der Waals surface area contributed by atoms with Crippen molar-refractivity contribution < 1.29 is 9.18 Å². The fourth-order valence-electron chi connectivity index (χ4n) is 1.76. The van der Waals surface area contributed by atoms with Crippen molar-refractivity contribution in [3.05, 3.63) is 42.2 Å². The molecule has 0 aromatic heterocycles. The van der Waals surface area contributed by atoms with Crippen molar-refractivity contribution in [2.45, 2.75) is 12.8 Å². The molecule has 0 atom stereocenters. The lowest BCUT2D eigenvalue weighted by atomic mass is 10.1. The second-order valence-corrected chi connectivity index (χ2v) is 4.17. The molecule has 90 valence electrons. The normalized spacial score (nSPS) is 15.8. The highest BCUT2D eigenvalue weighted by Crippen LogP contribution is 2.15. The van der Waals surface area contributed by atoms with Gasteiger partial charge in [0.1, 0.15) is 5.82 Å². The number of likely N-dealkylation sites (tertiary alicyclic amines) is 1. The number of piperidine rings is 1. The molecule has 0 bridgehead atoms. The Kier molecular flexibility index (Phi) is 3.42. The van der Waals surface area contributed by atoms with E-state index < -0.39 is 0 Å². The number of anilines is 1. The van der Waals surface area contributed by atoms with Crippen LogP contribution in [0.25, 0.3) is 0 Å². The van der Waals surface area contributed by atoms with Gasteiger partial charge in [-0.25, -0.2) is 9.18 Å². The predicted octanol–water partition coefficient (Wildman–Crippen LogP) is 3.01. The summed E-state index contributed by atoms with van der Waals surface area (Å²) in [5.74, 6) is -0.308. The number of rotatable bonds is 1. The Morgan fingerprint density at radius 2 is 1.82 bits per heavy atom. The van der Waals surface area contributed by atoms with E-state index in [-0.39, 0.29) is 11.8 Å². The zero-order valence-corrected chi connectivity index (χ0v) is 9.58. The maximum atomic E-state index is 12.7. The van der Waals surface area contributed by atoms with Crippen LogP contribution in [0.5, 0.6) is 0 Å². The summed E-state index contributed by atoms with van der Waals surface area (Å²) in [6.45, 7) is 5.30. The summed E-state index contributed by atoms with van der Waals surface area (Å²) in [6, 6.07) is 5.62. The van der Waals surface area contributed by atoms with Gasteiger partial charge in [0.05, 0.1) is 0 Å². The van der Waals surface area contributed by atoms with Crippen molar-refractivity contribution in [3.8, 4) is 0 Å². The molecule has 1 aromatic rings. The van der Waals surface area contributed by atoms with Gasteiger partial charge >= 0.3 is 6.03 Å². The minimum absolute atomic E-state index is 0.135. The van der Waals surface area contributed by atoms with E-state index in [1.165, 1.54) is 17.7 Å². The summed E-state index contributed by atoms with van der Waals surface area (Å²) >= 11 is 0. The van der Waals surface area contributed by atoms with Crippen LogP contribution in [-0.4, -0.2) is 24.0 Å². The van der Waals surface area contributed by atoms with Gasteiger partial charge in [0, 0.05) is 18.8 Å². The van der Waals surface area contributed by atoms with Crippen LogP contribution < -0.4 is 5.32 Å². The zero-order chi connectivity index (χ0) is 12.3. The lowest BCUT2D eigenvalue weighted by Crippen LogP contribution is -2.39. The third kappa shape index (κ3) is 3.06. The first-order valence-corrected chi connectivity index (χ1v) is 5.63. The van der Waals surface area contributed by atoms with Gasteiger partial charge in [-0.3, -0.25) is 0 Å². The molecule has 2 rings (SSSR count). The molecule has 0 unspecified atom stereocenters. The average Bonchev–Trinajstić information content (AvgIpc) is 2.33. The monoisotopic (exact) mass is 234 g/mol. The molecule has 1 aromatic carbocycles. The van der Waals surface area contributed by atoms with Gasteiger partial charge in [-0.1, -0.05) is 12.2 Å². The molecule has 17 heavy (non-hydrogen) atoms. The third-order valence-electron chi connectivity index (χ3n) is 2.85. The van der Waals surface area contributed by atoms with Crippen molar-refractivity contribution in [1.82, 2.24) is 4.90 Å². The second-order valence-electron chi connectivity index (χ2n) is 4.17. The van der Waals surface area contributed by atoms with E-state index in [0.717, 1.165) is 12.8 Å². The fourth-order valence-corrected chi connectivity index (χ4v) is 1.76. The van der Waals surface area contributed by atoms with Crippen molar-refractivity contribution >= 4 is 11.7 Å². The van der Waals surface area contributed by atoms with E-state index in [0.29, 0.717) is 18.8 Å². The van der Waals surface area contributed by atoms with E-state index in [4.69, 9.17) is 0 Å². The van der Waals surface area contributed by atoms with Gasteiger partial charge in [0.15, 0.2) is 0 Å². The van der Waals surface area contributed by atoms with Crippen LogP contribution in [0.15, 0.2) is 36.4 Å². The van der Waals surface area contributed by atoms with Gasteiger partial charge in [0.2, 0.25) is 0 Å². The summed E-state index contributed by atoms with van der Waals surface area (Å²) in [5.41, 5.74) is 1.80. The van der Waals surface area contributed by atoms with Gasteiger partial charge in [-0.15, -0.1) is 0 Å².